The van der Waals surface area contributed by atoms with E-state index in [2.05, 4.69) is 37.4 Å². The Morgan fingerprint density at radius 1 is 1.22 bits per heavy atom. The molecule has 0 atom stereocenters. The van der Waals surface area contributed by atoms with Crippen LogP contribution in [0, 0.1) is 6.92 Å². The first-order chi connectivity index (χ1) is 13.2. The van der Waals surface area contributed by atoms with E-state index in [4.69, 9.17) is 0 Å². The summed E-state index contributed by atoms with van der Waals surface area (Å²) in [4.78, 5) is 29.9. The second-order valence-electron chi connectivity index (χ2n) is 6.80. The number of hydrogen-bond donors (Lipinski definition) is 2. The molecule has 1 amide bonds. The van der Waals surface area contributed by atoms with Crippen LogP contribution in [0.5, 0.6) is 0 Å². The quantitative estimate of drug-likeness (QED) is 0.744. The van der Waals surface area contributed by atoms with E-state index < -0.39 is 0 Å². The van der Waals surface area contributed by atoms with Crippen LogP contribution in [-0.4, -0.2) is 43.8 Å². The normalized spacial score (nSPS) is 14.9. The number of aryl methyl sites for hydroxylation is 1. The van der Waals surface area contributed by atoms with Gasteiger partial charge in [0.2, 0.25) is 0 Å². The van der Waals surface area contributed by atoms with E-state index in [1.807, 2.05) is 30.2 Å². The number of nitrogens with one attached hydrogen (secondary N) is 2. The molecule has 3 aromatic heterocycles. The van der Waals surface area contributed by atoms with Gasteiger partial charge in [-0.05, 0) is 55.0 Å². The highest BCUT2D eigenvalue weighted by molar-refractivity contribution is 5.92. The monoisotopic (exact) mass is 362 g/mol. The Kier molecular flexibility index (Phi) is 4.82. The Morgan fingerprint density at radius 3 is 2.81 bits per heavy atom. The van der Waals surface area contributed by atoms with Crippen molar-refractivity contribution in [2.24, 2.45) is 0 Å². The fraction of sp³-hybridized carbons (Fsp3) is 0.300. The van der Waals surface area contributed by atoms with Crippen molar-refractivity contribution in [3.8, 4) is 0 Å². The van der Waals surface area contributed by atoms with Crippen molar-refractivity contribution >= 4 is 17.5 Å². The first-order valence-corrected chi connectivity index (χ1v) is 9.13. The minimum atomic E-state index is 0.0219. The van der Waals surface area contributed by atoms with Crippen LogP contribution in [0.2, 0.25) is 0 Å². The number of anilines is 2. The van der Waals surface area contributed by atoms with E-state index in [-0.39, 0.29) is 5.91 Å². The lowest BCUT2D eigenvalue weighted by atomic mass is 9.90. The molecule has 0 saturated carbocycles. The molecule has 4 rings (SSSR count). The molecule has 0 radical (unpaired) electrons. The van der Waals surface area contributed by atoms with Crippen LogP contribution in [0.3, 0.4) is 0 Å². The van der Waals surface area contributed by atoms with Gasteiger partial charge in [-0.2, -0.15) is 0 Å². The summed E-state index contributed by atoms with van der Waals surface area (Å²) in [5, 5.41) is 3.30. The summed E-state index contributed by atoms with van der Waals surface area (Å²) in [6.45, 7) is 3.51. The van der Waals surface area contributed by atoms with E-state index in [1.165, 1.54) is 11.9 Å². The summed E-state index contributed by atoms with van der Waals surface area (Å²) in [7, 11) is 0. The topological polar surface area (TPSA) is 86.8 Å². The van der Waals surface area contributed by atoms with Gasteiger partial charge < -0.3 is 15.2 Å². The number of amides is 1. The summed E-state index contributed by atoms with van der Waals surface area (Å²) in [6.07, 6.45) is 8.59. The summed E-state index contributed by atoms with van der Waals surface area (Å²) in [5.74, 6) is 2.06. The number of aromatic amines is 1. The van der Waals surface area contributed by atoms with Gasteiger partial charge in [0, 0.05) is 25.5 Å². The number of hydrogen-bond acceptors (Lipinski definition) is 5. The van der Waals surface area contributed by atoms with Gasteiger partial charge in [-0.1, -0.05) is 6.07 Å². The fourth-order valence-corrected chi connectivity index (χ4v) is 3.47. The average Bonchev–Trinajstić information content (AvgIpc) is 3.24. The van der Waals surface area contributed by atoms with Gasteiger partial charge in [-0.3, -0.25) is 4.79 Å². The van der Waals surface area contributed by atoms with Crippen LogP contribution in [0.25, 0.3) is 0 Å². The summed E-state index contributed by atoms with van der Waals surface area (Å²) in [6, 6.07) is 8.09. The molecule has 3 aromatic rings. The number of H-pyrrole nitrogens is 1. The maximum atomic E-state index is 12.4. The maximum Gasteiger partial charge on any atom is 0.271 e. The Balaban J connectivity index is 1.41. The Morgan fingerprint density at radius 2 is 2.07 bits per heavy atom. The fourth-order valence-electron chi connectivity index (χ4n) is 3.47. The van der Waals surface area contributed by atoms with E-state index in [0.29, 0.717) is 11.6 Å². The molecule has 1 fully saturated rings. The van der Waals surface area contributed by atoms with Crippen molar-refractivity contribution in [1.82, 2.24) is 24.8 Å². The molecule has 138 valence electrons. The van der Waals surface area contributed by atoms with Gasteiger partial charge in [0.25, 0.3) is 5.91 Å². The molecule has 7 nitrogen and oxygen atoms in total. The van der Waals surface area contributed by atoms with Crippen molar-refractivity contribution in [2.75, 3.05) is 18.4 Å². The van der Waals surface area contributed by atoms with Crippen molar-refractivity contribution in [3.63, 3.8) is 0 Å². The molecular formula is C20H22N6O. The number of carbonyl (C=O) groups excluding carboxylic acids is 1. The van der Waals surface area contributed by atoms with Gasteiger partial charge in [0.1, 0.15) is 17.3 Å². The predicted molar refractivity (Wildman–Crippen MR) is 103 cm³/mol. The highest BCUT2D eigenvalue weighted by Gasteiger charge is 2.25. The summed E-state index contributed by atoms with van der Waals surface area (Å²) in [5.41, 5.74) is 2.87. The lowest BCUT2D eigenvalue weighted by Crippen LogP contribution is -2.38. The zero-order valence-corrected chi connectivity index (χ0v) is 15.2. The number of rotatable bonds is 4. The minimum absolute atomic E-state index is 0.0219. The number of piperidine rings is 1. The molecular weight excluding hydrogens is 340 g/mol. The van der Waals surface area contributed by atoms with Crippen LogP contribution in [-0.2, 0) is 0 Å². The molecule has 0 bridgehead atoms. The van der Waals surface area contributed by atoms with Gasteiger partial charge in [-0.25, -0.2) is 15.0 Å². The minimum Gasteiger partial charge on any atom is -0.341 e. The van der Waals surface area contributed by atoms with Gasteiger partial charge in [0.15, 0.2) is 0 Å². The largest absolute Gasteiger partial charge is 0.341 e. The van der Waals surface area contributed by atoms with Gasteiger partial charge >= 0.3 is 0 Å². The number of likely N-dealkylation sites (tertiary alicyclic amines) is 1. The van der Waals surface area contributed by atoms with Crippen LogP contribution < -0.4 is 5.32 Å². The first kappa shape index (κ1) is 17.2. The van der Waals surface area contributed by atoms with E-state index in [1.54, 1.807) is 12.4 Å². The predicted octanol–water partition coefficient (Wildman–Crippen LogP) is 3.27. The molecule has 0 aliphatic carbocycles. The Hall–Kier alpha value is -3.22. The molecule has 1 aliphatic rings. The third-order valence-corrected chi connectivity index (χ3v) is 5.02. The maximum absolute atomic E-state index is 12.4. The number of imidazole rings is 1. The van der Waals surface area contributed by atoms with E-state index in [0.717, 1.165) is 43.1 Å². The molecule has 2 N–H and O–H groups in total. The number of nitrogens with zero attached hydrogens (tertiary/aromatic N) is 4. The molecule has 1 saturated heterocycles. The molecule has 0 aromatic carbocycles. The zero-order chi connectivity index (χ0) is 18.6. The lowest BCUT2D eigenvalue weighted by Gasteiger charge is -2.32. The lowest BCUT2D eigenvalue weighted by molar-refractivity contribution is 0.0707. The van der Waals surface area contributed by atoms with Crippen LogP contribution in [0.15, 0.2) is 49.2 Å². The molecule has 4 heterocycles. The van der Waals surface area contributed by atoms with E-state index >= 15 is 0 Å². The molecule has 0 unspecified atom stereocenters. The molecule has 0 spiro atoms. The second-order valence-corrected chi connectivity index (χ2v) is 6.80. The highest BCUT2D eigenvalue weighted by atomic mass is 16.2. The van der Waals surface area contributed by atoms with E-state index in [9.17, 15) is 4.79 Å². The van der Waals surface area contributed by atoms with Crippen molar-refractivity contribution in [1.29, 1.82) is 0 Å². The van der Waals surface area contributed by atoms with Crippen LogP contribution in [0.4, 0.5) is 11.6 Å². The average molecular weight is 362 g/mol. The molecule has 7 heteroatoms. The van der Waals surface area contributed by atoms with Gasteiger partial charge in [0.05, 0.1) is 12.5 Å². The van der Waals surface area contributed by atoms with Crippen molar-refractivity contribution < 1.29 is 4.79 Å². The first-order valence-electron chi connectivity index (χ1n) is 9.13. The summed E-state index contributed by atoms with van der Waals surface area (Å²) >= 11 is 0. The highest BCUT2D eigenvalue weighted by Crippen LogP contribution is 2.30. The standard InChI is InChI=1S/C20H22N6O/c1-14-3-2-7-23-19(14)25-18-11-16(4-8-22-18)15-5-9-26(10-6-15)20(27)17-12-21-13-24-17/h2-4,7-8,11-13,15H,5-6,9-10H2,1H3,(H,21,24)(H,22,23,25). The SMILES string of the molecule is Cc1cccnc1Nc1cc(C2CCN(C(=O)c3cnc[nH]3)CC2)ccn1. The van der Waals surface area contributed by atoms with Crippen LogP contribution >= 0.6 is 0 Å². The number of carbonyl (C=O) groups is 1. The van der Waals surface area contributed by atoms with Crippen molar-refractivity contribution in [3.05, 3.63) is 66.0 Å². The third-order valence-electron chi connectivity index (χ3n) is 5.02. The third kappa shape index (κ3) is 3.81. The Bertz CT molecular complexity index is 916. The zero-order valence-electron chi connectivity index (χ0n) is 15.2. The number of pyridine rings is 2. The van der Waals surface area contributed by atoms with Crippen molar-refractivity contribution in [2.45, 2.75) is 25.7 Å². The van der Waals surface area contributed by atoms with Crippen LogP contribution in [0.1, 0.15) is 40.4 Å². The van der Waals surface area contributed by atoms with Gasteiger partial charge in [-0.15, -0.1) is 0 Å². The molecule has 27 heavy (non-hydrogen) atoms. The molecule has 1 aliphatic heterocycles. The number of aromatic nitrogens is 4. The second kappa shape index (κ2) is 7.57. The Labute approximate surface area is 157 Å². The smallest absolute Gasteiger partial charge is 0.271 e. The summed E-state index contributed by atoms with van der Waals surface area (Å²) < 4.78 is 0.